The lowest BCUT2D eigenvalue weighted by Crippen LogP contribution is -2.09. The van der Waals surface area contributed by atoms with E-state index in [0.29, 0.717) is 0 Å². The molecule has 1 atom stereocenters. The number of hydrogen-bond donors (Lipinski definition) is 1. The average Bonchev–Trinajstić information content (AvgIpc) is 2.90. The van der Waals surface area contributed by atoms with Crippen molar-refractivity contribution in [3.63, 3.8) is 0 Å². The van der Waals surface area contributed by atoms with Crippen molar-refractivity contribution in [2.75, 3.05) is 0 Å². The van der Waals surface area contributed by atoms with Crippen LogP contribution in [0.3, 0.4) is 0 Å². The third-order valence-corrected chi connectivity index (χ3v) is 4.70. The topological polar surface area (TPSA) is 26.0 Å². The van der Waals surface area contributed by atoms with E-state index in [9.17, 15) is 0 Å². The smallest absolute Gasteiger partial charge is 0.0646 e. The van der Waals surface area contributed by atoms with E-state index < -0.39 is 0 Å². The van der Waals surface area contributed by atoms with Crippen molar-refractivity contribution < 1.29 is 0 Å². The lowest BCUT2D eigenvalue weighted by Gasteiger charge is -2.10. The van der Waals surface area contributed by atoms with Gasteiger partial charge in [-0.2, -0.15) is 0 Å². The number of nitrogens with two attached hydrogens (primary N) is 1. The third-order valence-electron chi connectivity index (χ3n) is 3.50. The molecule has 2 heteroatoms. The first-order chi connectivity index (χ1) is 9.28. The van der Waals surface area contributed by atoms with E-state index in [1.807, 2.05) is 0 Å². The molecule has 0 saturated carbocycles. The standard InChI is InChI=1S/C17H17NS/c1-2-12-7-9-13(10-8-12)17(18)16-11-14-5-3-4-6-15(14)19-16/h3-11,17H,2,18H2,1H3. The minimum atomic E-state index is -0.0247. The molecule has 0 radical (unpaired) electrons. The molecule has 0 aliphatic rings. The molecule has 3 rings (SSSR count). The van der Waals surface area contributed by atoms with E-state index in [1.54, 1.807) is 11.3 Å². The molecule has 0 aliphatic carbocycles. The molecule has 0 fully saturated rings. The summed E-state index contributed by atoms with van der Waals surface area (Å²) in [5.74, 6) is 0. The normalized spacial score (nSPS) is 12.7. The van der Waals surface area contributed by atoms with Gasteiger partial charge in [-0.3, -0.25) is 0 Å². The second-order valence-electron chi connectivity index (χ2n) is 4.76. The lowest BCUT2D eigenvalue weighted by molar-refractivity contribution is 0.892. The summed E-state index contributed by atoms with van der Waals surface area (Å²) < 4.78 is 1.30. The predicted molar refractivity (Wildman–Crippen MR) is 83.7 cm³/mol. The van der Waals surface area contributed by atoms with Gasteiger partial charge in [-0.15, -0.1) is 11.3 Å². The third kappa shape index (κ3) is 2.42. The molecule has 1 heterocycles. The van der Waals surface area contributed by atoms with Crippen molar-refractivity contribution in [1.29, 1.82) is 0 Å². The number of benzene rings is 2. The number of thiophene rings is 1. The Balaban J connectivity index is 1.95. The van der Waals surface area contributed by atoms with Crippen LogP contribution in [0.1, 0.15) is 29.0 Å². The Morgan fingerprint density at radius 2 is 1.79 bits per heavy atom. The van der Waals surface area contributed by atoms with Gasteiger partial charge in [0.2, 0.25) is 0 Å². The Kier molecular flexibility index (Phi) is 3.36. The molecule has 2 N–H and O–H groups in total. The average molecular weight is 267 g/mol. The fraction of sp³-hybridized carbons (Fsp3) is 0.176. The zero-order valence-electron chi connectivity index (χ0n) is 11.0. The van der Waals surface area contributed by atoms with Crippen LogP contribution >= 0.6 is 11.3 Å². The van der Waals surface area contributed by atoms with Gasteiger partial charge >= 0.3 is 0 Å². The highest BCUT2D eigenvalue weighted by atomic mass is 32.1. The molecule has 1 nitrogen and oxygen atoms in total. The van der Waals surface area contributed by atoms with Gasteiger partial charge in [-0.1, -0.05) is 49.4 Å². The van der Waals surface area contributed by atoms with Crippen molar-refractivity contribution in [2.24, 2.45) is 5.73 Å². The Morgan fingerprint density at radius 1 is 1.05 bits per heavy atom. The summed E-state index contributed by atoms with van der Waals surface area (Å²) in [5.41, 5.74) is 8.92. The maximum atomic E-state index is 6.38. The van der Waals surface area contributed by atoms with Gasteiger partial charge in [0.25, 0.3) is 0 Å². The largest absolute Gasteiger partial charge is 0.320 e. The Labute approximate surface area is 117 Å². The number of rotatable bonds is 3. The molecule has 0 spiro atoms. The molecule has 1 aromatic heterocycles. The van der Waals surface area contributed by atoms with E-state index in [1.165, 1.54) is 26.1 Å². The first kappa shape index (κ1) is 12.4. The lowest BCUT2D eigenvalue weighted by atomic mass is 10.0. The summed E-state index contributed by atoms with van der Waals surface area (Å²) in [5, 5.41) is 1.28. The summed E-state index contributed by atoms with van der Waals surface area (Å²) in [6, 6.07) is 19.2. The van der Waals surface area contributed by atoms with Crippen LogP contribution in [-0.2, 0) is 6.42 Å². The van der Waals surface area contributed by atoms with E-state index in [2.05, 4.69) is 61.5 Å². The predicted octanol–water partition coefficient (Wildman–Crippen LogP) is 4.51. The molecular formula is C17H17NS. The van der Waals surface area contributed by atoms with Crippen molar-refractivity contribution in [3.8, 4) is 0 Å². The quantitative estimate of drug-likeness (QED) is 0.742. The maximum Gasteiger partial charge on any atom is 0.0646 e. The van der Waals surface area contributed by atoms with Gasteiger partial charge in [-0.05, 0) is 35.1 Å². The van der Waals surface area contributed by atoms with Crippen LogP contribution in [0.5, 0.6) is 0 Å². The second kappa shape index (κ2) is 5.16. The fourth-order valence-corrected chi connectivity index (χ4v) is 3.37. The van der Waals surface area contributed by atoms with E-state index in [0.717, 1.165) is 6.42 Å². The van der Waals surface area contributed by atoms with Crippen molar-refractivity contribution in [1.82, 2.24) is 0 Å². The second-order valence-corrected chi connectivity index (χ2v) is 5.87. The highest BCUT2D eigenvalue weighted by molar-refractivity contribution is 7.19. The summed E-state index contributed by atoms with van der Waals surface area (Å²) >= 11 is 1.79. The number of hydrogen-bond acceptors (Lipinski definition) is 2. The van der Waals surface area contributed by atoms with E-state index in [-0.39, 0.29) is 6.04 Å². The molecule has 19 heavy (non-hydrogen) atoms. The molecule has 96 valence electrons. The highest BCUT2D eigenvalue weighted by Gasteiger charge is 2.12. The monoisotopic (exact) mass is 267 g/mol. The fourth-order valence-electron chi connectivity index (χ4n) is 2.28. The van der Waals surface area contributed by atoms with Crippen LogP contribution in [0, 0.1) is 0 Å². The van der Waals surface area contributed by atoms with E-state index >= 15 is 0 Å². The van der Waals surface area contributed by atoms with Crippen molar-refractivity contribution in [3.05, 3.63) is 70.6 Å². The number of aryl methyl sites for hydroxylation is 1. The first-order valence-corrected chi connectivity index (χ1v) is 7.42. The minimum absolute atomic E-state index is 0.0247. The van der Waals surface area contributed by atoms with Gasteiger partial charge in [0.05, 0.1) is 6.04 Å². The summed E-state index contributed by atoms with van der Waals surface area (Å²) in [4.78, 5) is 1.23. The Morgan fingerprint density at radius 3 is 2.47 bits per heavy atom. The summed E-state index contributed by atoms with van der Waals surface area (Å²) in [7, 11) is 0. The van der Waals surface area contributed by atoms with Crippen LogP contribution in [-0.4, -0.2) is 0 Å². The van der Waals surface area contributed by atoms with Gasteiger partial charge in [0, 0.05) is 9.58 Å². The van der Waals surface area contributed by atoms with Gasteiger partial charge in [0.1, 0.15) is 0 Å². The van der Waals surface area contributed by atoms with Crippen LogP contribution in [0.4, 0.5) is 0 Å². The first-order valence-electron chi connectivity index (χ1n) is 6.61. The maximum absolute atomic E-state index is 6.38. The Hall–Kier alpha value is -1.64. The molecule has 2 aromatic carbocycles. The highest BCUT2D eigenvalue weighted by Crippen LogP contribution is 2.31. The molecule has 0 saturated heterocycles. The Bertz CT molecular complexity index is 649. The van der Waals surface area contributed by atoms with Crippen molar-refractivity contribution in [2.45, 2.75) is 19.4 Å². The van der Waals surface area contributed by atoms with Crippen molar-refractivity contribution >= 4 is 21.4 Å². The zero-order chi connectivity index (χ0) is 13.2. The summed E-state index contributed by atoms with van der Waals surface area (Å²) in [6.07, 6.45) is 1.07. The van der Waals surface area contributed by atoms with Crippen LogP contribution in [0.25, 0.3) is 10.1 Å². The molecule has 1 unspecified atom stereocenters. The van der Waals surface area contributed by atoms with Crippen LogP contribution < -0.4 is 5.73 Å². The van der Waals surface area contributed by atoms with Gasteiger partial charge in [-0.25, -0.2) is 0 Å². The molecule has 0 bridgehead atoms. The van der Waals surface area contributed by atoms with Crippen LogP contribution in [0.2, 0.25) is 0 Å². The minimum Gasteiger partial charge on any atom is -0.320 e. The molecule has 3 aromatic rings. The van der Waals surface area contributed by atoms with Crippen LogP contribution in [0.15, 0.2) is 54.6 Å². The SMILES string of the molecule is CCc1ccc(C(N)c2cc3ccccc3s2)cc1. The van der Waals surface area contributed by atoms with Gasteiger partial charge in [0.15, 0.2) is 0 Å². The molecule has 0 amide bonds. The van der Waals surface area contributed by atoms with Gasteiger partial charge < -0.3 is 5.73 Å². The zero-order valence-corrected chi connectivity index (χ0v) is 11.8. The van der Waals surface area contributed by atoms with E-state index in [4.69, 9.17) is 5.73 Å². The number of fused-ring (bicyclic) bond motifs is 1. The summed E-state index contributed by atoms with van der Waals surface area (Å²) in [6.45, 7) is 2.17. The molecular weight excluding hydrogens is 250 g/mol. The molecule has 0 aliphatic heterocycles.